The van der Waals surface area contributed by atoms with E-state index in [9.17, 15) is 0 Å². The van der Waals surface area contributed by atoms with Crippen molar-refractivity contribution in [1.29, 1.82) is 0 Å². The number of hydrogen-bond donors (Lipinski definition) is 0. The number of rotatable bonds is 4. The molecule has 11 aromatic rings. The summed E-state index contributed by atoms with van der Waals surface area (Å²) in [4.78, 5) is 0. The van der Waals surface area contributed by atoms with E-state index >= 15 is 0 Å². The normalized spacial score (nSPS) is 13.2. The molecule has 1 aliphatic rings. The van der Waals surface area contributed by atoms with E-state index in [1.54, 1.807) is 0 Å². The molecule has 0 spiro atoms. The van der Waals surface area contributed by atoms with Crippen LogP contribution in [0.2, 0.25) is 0 Å². The Morgan fingerprint density at radius 1 is 0.273 bits per heavy atom. The second-order valence-electron chi connectivity index (χ2n) is 15.2. The summed E-state index contributed by atoms with van der Waals surface area (Å²) in [6.07, 6.45) is 0. The first-order valence-corrected chi connectivity index (χ1v) is 19.3. The lowest BCUT2D eigenvalue weighted by Gasteiger charge is -2.34. The van der Waals surface area contributed by atoms with Gasteiger partial charge in [-0.15, -0.1) is 0 Å². The number of hydrogen-bond acceptors (Lipinski definition) is 0. The van der Waals surface area contributed by atoms with Crippen LogP contribution in [0.1, 0.15) is 22.3 Å². The number of benzene rings is 11. The van der Waals surface area contributed by atoms with Gasteiger partial charge in [-0.25, -0.2) is 0 Å². The van der Waals surface area contributed by atoms with E-state index in [4.69, 9.17) is 0 Å². The average molecular weight is 695 g/mol. The van der Waals surface area contributed by atoms with Gasteiger partial charge in [-0.3, -0.25) is 0 Å². The van der Waals surface area contributed by atoms with Gasteiger partial charge in [0.2, 0.25) is 0 Å². The largest absolute Gasteiger partial charge is 0.0714 e. The third-order valence-corrected chi connectivity index (χ3v) is 12.4. The Bertz CT molecular complexity index is 3190. The van der Waals surface area contributed by atoms with Crippen molar-refractivity contribution in [2.45, 2.75) is 5.41 Å². The van der Waals surface area contributed by atoms with Crippen LogP contribution in [-0.2, 0) is 5.41 Å². The first-order valence-electron chi connectivity index (χ1n) is 19.3. The van der Waals surface area contributed by atoms with Gasteiger partial charge in [-0.2, -0.15) is 0 Å². The Morgan fingerprint density at radius 2 is 0.818 bits per heavy atom. The molecule has 12 rings (SSSR count). The summed E-state index contributed by atoms with van der Waals surface area (Å²) in [5.74, 6) is 0. The Hall–Kier alpha value is -7.02. The van der Waals surface area contributed by atoms with Crippen molar-refractivity contribution < 1.29 is 0 Å². The van der Waals surface area contributed by atoms with Gasteiger partial charge in [0.25, 0.3) is 0 Å². The molecule has 0 N–H and O–H groups in total. The van der Waals surface area contributed by atoms with Crippen molar-refractivity contribution in [3.05, 3.63) is 229 Å². The molecule has 55 heavy (non-hydrogen) atoms. The molecule has 11 aromatic carbocycles. The van der Waals surface area contributed by atoms with Crippen molar-refractivity contribution >= 4 is 53.9 Å². The van der Waals surface area contributed by atoms with Gasteiger partial charge in [0.05, 0.1) is 5.41 Å². The summed E-state index contributed by atoms with van der Waals surface area (Å²) >= 11 is 0. The monoisotopic (exact) mass is 694 g/mol. The molecule has 0 saturated carbocycles. The van der Waals surface area contributed by atoms with Gasteiger partial charge < -0.3 is 0 Å². The van der Waals surface area contributed by atoms with Crippen molar-refractivity contribution in [2.75, 3.05) is 0 Å². The Balaban J connectivity index is 1.22. The Labute approximate surface area is 319 Å². The van der Waals surface area contributed by atoms with Crippen molar-refractivity contribution in [1.82, 2.24) is 0 Å². The minimum absolute atomic E-state index is 0.553. The van der Waals surface area contributed by atoms with E-state index in [0.717, 1.165) is 0 Å². The maximum Gasteiger partial charge on any atom is 0.0714 e. The zero-order valence-electron chi connectivity index (χ0n) is 30.1. The fourth-order valence-corrected chi connectivity index (χ4v) is 10.1. The third-order valence-electron chi connectivity index (χ3n) is 12.4. The molecule has 0 nitrogen and oxygen atoms in total. The molecule has 0 unspecified atom stereocenters. The summed E-state index contributed by atoms with van der Waals surface area (Å²) in [6.45, 7) is 0. The van der Waals surface area contributed by atoms with Crippen LogP contribution in [0, 0.1) is 0 Å². The molecule has 0 aromatic heterocycles. The first-order chi connectivity index (χ1) is 27.3. The van der Waals surface area contributed by atoms with Crippen LogP contribution >= 0.6 is 0 Å². The van der Waals surface area contributed by atoms with E-state index in [0.29, 0.717) is 0 Å². The quantitative estimate of drug-likeness (QED) is 0.161. The fourth-order valence-electron chi connectivity index (χ4n) is 10.1. The highest BCUT2D eigenvalue weighted by Crippen LogP contribution is 2.60. The van der Waals surface area contributed by atoms with Crippen LogP contribution in [0.3, 0.4) is 0 Å². The minimum Gasteiger partial charge on any atom is -0.0622 e. The van der Waals surface area contributed by atoms with Gasteiger partial charge in [0, 0.05) is 0 Å². The maximum atomic E-state index is 2.51. The minimum atomic E-state index is -0.553. The van der Waals surface area contributed by atoms with E-state index in [1.165, 1.54) is 109 Å². The Kier molecular flexibility index (Phi) is 6.36. The van der Waals surface area contributed by atoms with Crippen LogP contribution in [0.4, 0.5) is 0 Å². The summed E-state index contributed by atoms with van der Waals surface area (Å²) in [7, 11) is 0. The second kappa shape index (κ2) is 11.5. The zero-order chi connectivity index (χ0) is 36.1. The average Bonchev–Trinajstić information content (AvgIpc) is 3.55. The molecule has 0 heterocycles. The predicted octanol–water partition coefficient (Wildman–Crippen LogP) is 14.6. The molecule has 0 bridgehead atoms. The van der Waals surface area contributed by atoms with Crippen LogP contribution in [-0.4, -0.2) is 0 Å². The summed E-state index contributed by atoms with van der Waals surface area (Å²) in [5, 5.41) is 12.9. The van der Waals surface area contributed by atoms with Crippen molar-refractivity contribution in [3.63, 3.8) is 0 Å². The maximum absolute atomic E-state index is 2.51. The van der Waals surface area contributed by atoms with Gasteiger partial charge in [0.1, 0.15) is 0 Å². The van der Waals surface area contributed by atoms with Gasteiger partial charge in [-0.1, -0.05) is 182 Å². The summed E-state index contributed by atoms with van der Waals surface area (Å²) in [6, 6.07) is 77.4. The SMILES string of the molecule is c1ccc(C2(c3ccccc3)c3cc(-c4cc5ccc6cccc7ccc(c4)c5c67)ccc3-c3c2cc2ccccc2c3-c2cccc3ccccc23)cc1. The van der Waals surface area contributed by atoms with Crippen LogP contribution < -0.4 is 0 Å². The standard InChI is InChI=1S/C55H34/c1-3-18-43(19-4-1)55(44-20-5-2-6-21-44)49-33-38(42-31-40-27-25-36-16-11-17-37-26-28-41(32-42)52(40)51(36)37)29-30-48(49)54-50(55)34-39-14-8-10-23-46(39)53(54)47-24-12-15-35-13-7-9-22-45(35)47/h1-34H. The van der Waals surface area contributed by atoms with Crippen molar-refractivity contribution in [2.24, 2.45) is 0 Å². The molecule has 0 aliphatic heterocycles. The fraction of sp³-hybridized carbons (Fsp3) is 0.0182. The molecule has 1 aliphatic carbocycles. The lowest BCUT2D eigenvalue weighted by Crippen LogP contribution is -2.28. The molecule has 0 radical (unpaired) electrons. The number of fused-ring (bicyclic) bond motifs is 5. The van der Waals surface area contributed by atoms with E-state index in [1.807, 2.05) is 0 Å². The van der Waals surface area contributed by atoms with Crippen molar-refractivity contribution in [3.8, 4) is 33.4 Å². The zero-order valence-corrected chi connectivity index (χ0v) is 30.1. The summed E-state index contributed by atoms with van der Waals surface area (Å²) in [5.41, 5.74) is 12.3. The predicted molar refractivity (Wildman–Crippen MR) is 233 cm³/mol. The highest BCUT2D eigenvalue weighted by molar-refractivity contribution is 6.24. The molecule has 0 saturated heterocycles. The van der Waals surface area contributed by atoms with Gasteiger partial charge >= 0.3 is 0 Å². The molecule has 0 heteroatoms. The van der Waals surface area contributed by atoms with E-state index in [-0.39, 0.29) is 0 Å². The highest BCUT2D eigenvalue weighted by atomic mass is 14.5. The molecule has 0 amide bonds. The molecule has 0 fully saturated rings. The van der Waals surface area contributed by atoms with Crippen LogP contribution in [0.15, 0.2) is 206 Å². The van der Waals surface area contributed by atoms with Gasteiger partial charge in [0.15, 0.2) is 0 Å². The molecular weight excluding hydrogens is 661 g/mol. The third kappa shape index (κ3) is 4.23. The lowest BCUT2D eigenvalue weighted by molar-refractivity contribution is 0.770. The molecule has 0 atom stereocenters. The van der Waals surface area contributed by atoms with E-state index in [2.05, 4.69) is 206 Å². The highest BCUT2D eigenvalue weighted by Gasteiger charge is 2.47. The van der Waals surface area contributed by atoms with Crippen LogP contribution in [0.25, 0.3) is 87.2 Å². The Morgan fingerprint density at radius 3 is 1.53 bits per heavy atom. The van der Waals surface area contributed by atoms with E-state index < -0.39 is 5.41 Å². The second-order valence-corrected chi connectivity index (χ2v) is 15.2. The summed E-state index contributed by atoms with van der Waals surface area (Å²) < 4.78 is 0. The van der Waals surface area contributed by atoms with Crippen LogP contribution in [0.5, 0.6) is 0 Å². The lowest BCUT2D eigenvalue weighted by atomic mass is 9.67. The van der Waals surface area contributed by atoms with Gasteiger partial charge in [-0.05, 0) is 134 Å². The molecule has 254 valence electrons. The first kappa shape index (κ1) is 30.4. The topological polar surface area (TPSA) is 0 Å². The molecular formula is C55H34. The smallest absolute Gasteiger partial charge is 0.0622 e.